The average molecular weight is 532 g/mol. The average Bonchev–Trinajstić information content (AvgIpc) is 3.59. The number of carbonyl (C=O) groups is 2. The Balaban J connectivity index is 1.81. The molecule has 0 radical (unpaired) electrons. The van der Waals surface area contributed by atoms with E-state index in [0.717, 1.165) is 16.7 Å². The second-order valence-corrected chi connectivity index (χ2v) is 10.00. The van der Waals surface area contributed by atoms with Crippen LogP contribution in [0, 0.1) is 11.3 Å². The number of benzene rings is 4. The number of halogens is 1. The van der Waals surface area contributed by atoms with Crippen molar-refractivity contribution in [2.24, 2.45) is 0 Å². The summed E-state index contributed by atoms with van der Waals surface area (Å²) in [5.74, 6) is -1.28. The maximum absolute atomic E-state index is 14.5. The van der Waals surface area contributed by atoms with Crippen molar-refractivity contribution >= 4 is 23.4 Å². The maximum Gasteiger partial charge on any atom is 0.252 e. The molecule has 1 fully saturated rings. The van der Waals surface area contributed by atoms with Gasteiger partial charge < -0.3 is 10.6 Å². The van der Waals surface area contributed by atoms with E-state index in [1.807, 2.05) is 84.9 Å². The molecule has 0 unspecified atom stereocenters. The van der Waals surface area contributed by atoms with Gasteiger partial charge in [0.05, 0.1) is 11.5 Å². The Labute approximate surface area is 232 Å². The number of nitrogens with zero attached hydrogens (tertiary/aromatic N) is 1. The van der Waals surface area contributed by atoms with Gasteiger partial charge in [0.2, 0.25) is 0 Å². The Morgan fingerprint density at radius 3 is 1.85 bits per heavy atom. The van der Waals surface area contributed by atoms with Gasteiger partial charge in [0.25, 0.3) is 11.8 Å². The summed E-state index contributed by atoms with van der Waals surface area (Å²) in [6, 6.07) is 37.7. The lowest BCUT2D eigenvalue weighted by Crippen LogP contribution is -2.54. The highest BCUT2D eigenvalue weighted by Gasteiger charge is 2.82. The maximum atomic E-state index is 14.5. The Hall–Kier alpha value is -4.66. The third-order valence-corrected chi connectivity index (χ3v) is 7.61. The van der Waals surface area contributed by atoms with Gasteiger partial charge in [-0.3, -0.25) is 9.59 Å². The first kappa shape index (κ1) is 26.0. The zero-order chi connectivity index (χ0) is 27.5. The van der Waals surface area contributed by atoms with Crippen molar-refractivity contribution in [1.29, 1.82) is 5.26 Å². The summed E-state index contributed by atoms with van der Waals surface area (Å²) in [7, 11) is 0. The Bertz CT molecular complexity index is 1520. The van der Waals surface area contributed by atoms with E-state index in [2.05, 4.69) is 10.6 Å². The lowest BCUT2D eigenvalue weighted by molar-refractivity contribution is -0.123. The van der Waals surface area contributed by atoms with Crippen LogP contribution in [0.1, 0.15) is 39.9 Å². The highest BCUT2D eigenvalue weighted by atomic mass is 35.5. The molecule has 5 rings (SSSR count). The van der Waals surface area contributed by atoms with Gasteiger partial charge in [0.1, 0.15) is 5.54 Å². The first-order valence-electron chi connectivity index (χ1n) is 12.6. The van der Waals surface area contributed by atoms with Crippen molar-refractivity contribution in [1.82, 2.24) is 10.6 Å². The van der Waals surface area contributed by atoms with Crippen LogP contribution >= 0.6 is 11.6 Å². The van der Waals surface area contributed by atoms with Crippen molar-refractivity contribution in [2.75, 3.05) is 0 Å². The number of hydrogen-bond acceptors (Lipinski definition) is 3. The standard InChI is InChI=1S/C33H26ClN3O2/c1-23(21-22-35)36-31(39)33(37-30(38)25-11-5-2-6-12-25)29(24-17-19-28(34)20-18-24)32(33,26-13-7-3-8-14-26)27-15-9-4-10-16-27/h2-21,29H,1H3,(H,36,39)(H,37,38)/b23-21+/t29-,33+/m1/s1. The number of carbonyl (C=O) groups excluding carboxylic acids is 2. The zero-order valence-corrected chi connectivity index (χ0v) is 22.0. The molecule has 0 aliphatic heterocycles. The highest BCUT2D eigenvalue weighted by Crippen LogP contribution is 2.72. The predicted octanol–water partition coefficient (Wildman–Crippen LogP) is 6.14. The van der Waals surface area contributed by atoms with Gasteiger partial charge in [-0.05, 0) is 47.9 Å². The summed E-state index contributed by atoms with van der Waals surface area (Å²) in [6.07, 6.45) is 1.27. The molecule has 4 aromatic rings. The molecule has 0 heterocycles. The van der Waals surface area contributed by atoms with Crippen LogP contribution in [0.3, 0.4) is 0 Å². The van der Waals surface area contributed by atoms with Crippen LogP contribution in [0.2, 0.25) is 5.02 Å². The molecule has 0 bridgehead atoms. The zero-order valence-electron chi connectivity index (χ0n) is 21.3. The minimum Gasteiger partial charge on any atom is -0.336 e. The molecule has 1 aliphatic rings. The number of rotatable bonds is 7. The second-order valence-electron chi connectivity index (χ2n) is 9.56. The van der Waals surface area contributed by atoms with Gasteiger partial charge in [-0.1, -0.05) is 103 Å². The second kappa shape index (κ2) is 10.6. The van der Waals surface area contributed by atoms with Gasteiger partial charge in [0.15, 0.2) is 0 Å². The highest BCUT2D eigenvalue weighted by molar-refractivity contribution is 6.30. The van der Waals surface area contributed by atoms with E-state index in [1.54, 1.807) is 43.3 Å². The minimum absolute atomic E-state index is 0.375. The first-order chi connectivity index (χ1) is 18.9. The quantitative estimate of drug-likeness (QED) is 0.281. The van der Waals surface area contributed by atoms with Crippen molar-refractivity contribution in [3.05, 3.63) is 154 Å². The Kier molecular flexibility index (Phi) is 7.06. The van der Waals surface area contributed by atoms with Crippen LogP contribution in [0.15, 0.2) is 127 Å². The fourth-order valence-corrected chi connectivity index (χ4v) is 5.90. The molecule has 0 spiro atoms. The molecule has 4 aromatic carbocycles. The largest absolute Gasteiger partial charge is 0.336 e. The third kappa shape index (κ3) is 4.39. The molecule has 192 valence electrons. The van der Waals surface area contributed by atoms with Gasteiger partial charge >= 0.3 is 0 Å². The van der Waals surface area contributed by atoms with Crippen LogP contribution in [-0.4, -0.2) is 17.4 Å². The number of hydrogen-bond donors (Lipinski definition) is 2. The molecule has 5 nitrogen and oxygen atoms in total. The van der Waals surface area contributed by atoms with Crippen LogP contribution in [0.4, 0.5) is 0 Å². The topological polar surface area (TPSA) is 82.0 Å². The van der Waals surface area contributed by atoms with E-state index in [9.17, 15) is 14.9 Å². The first-order valence-corrected chi connectivity index (χ1v) is 12.9. The molecule has 6 heteroatoms. The van der Waals surface area contributed by atoms with Crippen molar-refractivity contribution in [2.45, 2.75) is 23.8 Å². The van der Waals surface area contributed by atoms with E-state index in [0.29, 0.717) is 16.3 Å². The van der Waals surface area contributed by atoms with E-state index in [4.69, 9.17) is 11.6 Å². The fraction of sp³-hybridized carbons (Fsp3) is 0.121. The number of amides is 2. The van der Waals surface area contributed by atoms with Crippen molar-refractivity contribution in [3.8, 4) is 6.07 Å². The summed E-state index contributed by atoms with van der Waals surface area (Å²) in [5, 5.41) is 15.9. The van der Waals surface area contributed by atoms with Crippen LogP contribution in [0.25, 0.3) is 0 Å². The number of nitrogens with one attached hydrogen (secondary N) is 2. The predicted molar refractivity (Wildman–Crippen MR) is 152 cm³/mol. The molecule has 39 heavy (non-hydrogen) atoms. The minimum atomic E-state index is -1.44. The Morgan fingerprint density at radius 2 is 1.33 bits per heavy atom. The summed E-state index contributed by atoms with van der Waals surface area (Å²) < 4.78 is 0. The van der Waals surface area contributed by atoms with Crippen LogP contribution < -0.4 is 10.6 Å². The van der Waals surface area contributed by atoms with Gasteiger partial charge in [-0.2, -0.15) is 5.26 Å². The van der Waals surface area contributed by atoms with Crippen molar-refractivity contribution in [3.63, 3.8) is 0 Å². The van der Waals surface area contributed by atoms with Gasteiger partial charge in [-0.25, -0.2) is 0 Å². The van der Waals surface area contributed by atoms with E-state index in [-0.39, 0.29) is 5.91 Å². The molecular formula is C33H26ClN3O2. The molecular weight excluding hydrogens is 506 g/mol. The van der Waals surface area contributed by atoms with E-state index < -0.39 is 22.8 Å². The lowest BCUT2D eigenvalue weighted by atomic mass is 9.81. The van der Waals surface area contributed by atoms with Crippen LogP contribution in [0.5, 0.6) is 0 Å². The van der Waals surface area contributed by atoms with Gasteiger partial charge in [0, 0.05) is 28.3 Å². The smallest absolute Gasteiger partial charge is 0.252 e. The van der Waals surface area contributed by atoms with E-state index in [1.165, 1.54) is 6.08 Å². The molecule has 2 atom stereocenters. The lowest BCUT2D eigenvalue weighted by Gasteiger charge is -2.27. The molecule has 0 aromatic heterocycles. The molecule has 0 saturated heterocycles. The summed E-state index contributed by atoms with van der Waals surface area (Å²) >= 11 is 6.26. The summed E-state index contributed by atoms with van der Waals surface area (Å²) in [5.41, 5.74) is 1.00. The summed E-state index contributed by atoms with van der Waals surface area (Å²) in [6.45, 7) is 1.65. The fourth-order valence-electron chi connectivity index (χ4n) is 5.78. The number of nitriles is 1. The molecule has 2 N–H and O–H groups in total. The SMILES string of the molecule is C/C(=C\C#N)NC(=O)[C@@]1(NC(=O)c2ccccc2)[C@H](c2ccc(Cl)cc2)C1(c1ccccc1)c1ccccc1. The normalized spacial score (nSPS) is 19.4. The monoisotopic (exact) mass is 531 g/mol. The van der Waals surface area contributed by atoms with Crippen molar-refractivity contribution < 1.29 is 9.59 Å². The molecule has 1 saturated carbocycles. The van der Waals surface area contributed by atoms with Crippen LogP contribution in [-0.2, 0) is 10.2 Å². The number of allylic oxidation sites excluding steroid dienone is 2. The molecule has 2 amide bonds. The van der Waals surface area contributed by atoms with Gasteiger partial charge in [-0.15, -0.1) is 0 Å². The summed E-state index contributed by atoms with van der Waals surface area (Å²) in [4.78, 5) is 28.3. The third-order valence-electron chi connectivity index (χ3n) is 7.36. The Morgan fingerprint density at radius 1 is 0.821 bits per heavy atom. The molecule has 1 aliphatic carbocycles. The van der Waals surface area contributed by atoms with E-state index >= 15 is 0 Å².